The summed E-state index contributed by atoms with van der Waals surface area (Å²) in [6.07, 6.45) is 4.35. The third-order valence-electron chi connectivity index (χ3n) is 3.34. The summed E-state index contributed by atoms with van der Waals surface area (Å²) in [5, 5.41) is 9.48. The lowest BCUT2D eigenvalue weighted by Gasteiger charge is -2.21. The van der Waals surface area contributed by atoms with E-state index < -0.39 is 0 Å². The average molecular weight is 225 g/mol. The number of likely N-dealkylation sites (tertiary alicyclic amines) is 1. The summed E-state index contributed by atoms with van der Waals surface area (Å²) in [7, 11) is 0. The van der Waals surface area contributed by atoms with Crippen LogP contribution in [0.5, 0.6) is 0 Å². The maximum atomic E-state index is 12.0. The van der Waals surface area contributed by atoms with Gasteiger partial charge in [-0.25, -0.2) is 0 Å². The zero-order valence-electron chi connectivity index (χ0n) is 9.69. The van der Waals surface area contributed by atoms with Gasteiger partial charge in [0.2, 0.25) is 0 Å². The first kappa shape index (κ1) is 11.5. The van der Waals surface area contributed by atoms with E-state index in [0.29, 0.717) is 18.9 Å². The highest BCUT2D eigenvalue weighted by molar-refractivity contribution is 5.91. The molecule has 0 spiro atoms. The molecular formula is C12H19NO3. The molecular weight excluding hydrogens is 206 g/mol. The molecule has 0 aromatic rings. The van der Waals surface area contributed by atoms with Crippen LogP contribution in [0, 0.1) is 5.92 Å². The van der Waals surface area contributed by atoms with Gasteiger partial charge in [0.1, 0.15) is 0 Å². The van der Waals surface area contributed by atoms with Gasteiger partial charge in [0.15, 0.2) is 5.76 Å². The Balaban J connectivity index is 1.93. The van der Waals surface area contributed by atoms with Crippen molar-refractivity contribution in [1.82, 2.24) is 4.90 Å². The first-order valence-corrected chi connectivity index (χ1v) is 5.99. The number of allylic oxidation sites excluding steroid dienone is 1. The molecule has 2 aliphatic rings. The molecule has 2 rings (SSSR count). The molecule has 2 atom stereocenters. The van der Waals surface area contributed by atoms with E-state index >= 15 is 0 Å². The first-order valence-electron chi connectivity index (χ1n) is 5.99. The molecule has 90 valence electrons. The summed E-state index contributed by atoms with van der Waals surface area (Å²) in [6.45, 7) is 3.81. The summed E-state index contributed by atoms with van der Waals surface area (Å²) in [6, 6.07) is 0. The van der Waals surface area contributed by atoms with Gasteiger partial charge in [0.25, 0.3) is 5.91 Å². The Kier molecular flexibility index (Phi) is 3.49. The average Bonchev–Trinajstić information content (AvgIpc) is 2.78. The number of carbonyl (C=O) groups is 1. The molecule has 2 heterocycles. The van der Waals surface area contributed by atoms with E-state index in [2.05, 4.69) is 0 Å². The van der Waals surface area contributed by atoms with Crippen LogP contribution in [0.2, 0.25) is 0 Å². The van der Waals surface area contributed by atoms with Crippen molar-refractivity contribution in [3.05, 3.63) is 11.8 Å². The molecule has 1 amide bonds. The molecule has 4 heteroatoms. The van der Waals surface area contributed by atoms with Crippen LogP contribution in [0.25, 0.3) is 0 Å². The Hall–Kier alpha value is -1.03. The number of amides is 1. The van der Waals surface area contributed by atoms with E-state index in [0.717, 1.165) is 25.8 Å². The second-order valence-electron chi connectivity index (χ2n) is 4.60. The summed E-state index contributed by atoms with van der Waals surface area (Å²) in [5.74, 6) is 0.702. The molecule has 0 saturated carbocycles. The van der Waals surface area contributed by atoms with Crippen molar-refractivity contribution in [2.75, 3.05) is 19.7 Å². The highest BCUT2D eigenvalue weighted by Crippen LogP contribution is 2.22. The monoisotopic (exact) mass is 225 g/mol. The molecule has 16 heavy (non-hydrogen) atoms. The quantitative estimate of drug-likeness (QED) is 0.760. The van der Waals surface area contributed by atoms with Crippen LogP contribution in [0.4, 0.5) is 0 Å². The van der Waals surface area contributed by atoms with Crippen LogP contribution in [0.3, 0.4) is 0 Å². The normalized spacial score (nSPS) is 27.2. The summed E-state index contributed by atoms with van der Waals surface area (Å²) in [4.78, 5) is 13.8. The number of rotatable bonds is 2. The fraction of sp³-hybridized carbons (Fsp3) is 0.750. The Bertz CT molecular complexity index is 299. The van der Waals surface area contributed by atoms with Crippen molar-refractivity contribution in [1.29, 1.82) is 0 Å². The number of hydrogen-bond acceptors (Lipinski definition) is 3. The van der Waals surface area contributed by atoms with Crippen molar-refractivity contribution in [2.24, 2.45) is 5.92 Å². The SMILES string of the molecule is CC(O)C1CCN(C(=O)C2=CCCCO2)C1. The summed E-state index contributed by atoms with van der Waals surface area (Å²) >= 11 is 0. The molecule has 0 bridgehead atoms. The van der Waals surface area contributed by atoms with E-state index in [1.165, 1.54) is 0 Å². The van der Waals surface area contributed by atoms with Crippen molar-refractivity contribution in [3.8, 4) is 0 Å². The molecule has 4 nitrogen and oxygen atoms in total. The highest BCUT2D eigenvalue weighted by atomic mass is 16.5. The van der Waals surface area contributed by atoms with Gasteiger partial charge in [-0.05, 0) is 32.3 Å². The molecule has 0 aromatic heterocycles. The number of aliphatic hydroxyl groups is 1. The largest absolute Gasteiger partial charge is 0.488 e. The van der Waals surface area contributed by atoms with Gasteiger partial charge < -0.3 is 14.7 Å². The third kappa shape index (κ3) is 2.38. The Morgan fingerprint density at radius 2 is 2.50 bits per heavy atom. The van der Waals surface area contributed by atoms with E-state index in [1.807, 2.05) is 6.08 Å². The zero-order chi connectivity index (χ0) is 11.5. The van der Waals surface area contributed by atoms with Crippen LogP contribution in [-0.2, 0) is 9.53 Å². The number of hydrogen-bond donors (Lipinski definition) is 1. The van der Waals surface area contributed by atoms with Gasteiger partial charge in [-0.1, -0.05) is 0 Å². The molecule has 2 aliphatic heterocycles. The maximum Gasteiger partial charge on any atom is 0.288 e. The molecule has 0 radical (unpaired) electrons. The predicted octanol–water partition coefficient (Wildman–Crippen LogP) is 0.910. The van der Waals surface area contributed by atoms with E-state index in [4.69, 9.17) is 4.74 Å². The Morgan fingerprint density at radius 3 is 3.06 bits per heavy atom. The fourth-order valence-corrected chi connectivity index (χ4v) is 2.23. The van der Waals surface area contributed by atoms with Crippen molar-refractivity contribution in [3.63, 3.8) is 0 Å². The van der Waals surface area contributed by atoms with Gasteiger partial charge in [-0.2, -0.15) is 0 Å². The van der Waals surface area contributed by atoms with Crippen LogP contribution in [0.1, 0.15) is 26.2 Å². The first-order chi connectivity index (χ1) is 7.68. The van der Waals surface area contributed by atoms with Gasteiger partial charge in [-0.3, -0.25) is 4.79 Å². The number of carbonyl (C=O) groups excluding carboxylic acids is 1. The minimum atomic E-state index is -0.334. The standard InChI is InChI=1S/C12H19NO3/c1-9(14)10-5-6-13(8-10)12(15)11-4-2-3-7-16-11/h4,9-10,14H,2-3,5-8H2,1H3. The topological polar surface area (TPSA) is 49.8 Å². The van der Waals surface area contributed by atoms with Crippen LogP contribution in [-0.4, -0.2) is 41.7 Å². The maximum absolute atomic E-state index is 12.0. The van der Waals surface area contributed by atoms with Crippen LogP contribution >= 0.6 is 0 Å². The van der Waals surface area contributed by atoms with E-state index in [1.54, 1.807) is 11.8 Å². The van der Waals surface area contributed by atoms with Gasteiger partial charge >= 0.3 is 0 Å². The van der Waals surface area contributed by atoms with Crippen molar-refractivity contribution >= 4 is 5.91 Å². The molecule has 0 aliphatic carbocycles. The smallest absolute Gasteiger partial charge is 0.288 e. The predicted molar refractivity (Wildman–Crippen MR) is 59.6 cm³/mol. The molecule has 0 aromatic carbocycles. The van der Waals surface area contributed by atoms with Gasteiger partial charge in [0, 0.05) is 19.0 Å². The Labute approximate surface area is 95.9 Å². The Morgan fingerprint density at radius 1 is 1.69 bits per heavy atom. The van der Waals surface area contributed by atoms with Gasteiger partial charge in [-0.15, -0.1) is 0 Å². The van der Waals surface area contributed by atoms with E-state index in [9.17, 15) is 9.90 Å². The van der Waals surface area contributed by atoms with E-state index in [-0.39, 0.29) is 17.9 Å². The lowest BCUT2D eigenvalue weighted by Crippen LogP contribution is -2.32. The molecule has 1 N–H and O–H groups in total. The second-order valence-corrected chi connectivity index (χ2v) is 4.60. The number of ether oxygens (including phenoxy) is 1. The van der Waals surface area contributed by atoms with Crippen LogP contribution in [0.15, 0.2) is 11.8 Å². The lowest BCUT2D eigenvalue weighted by molar-refractivity contribution is -0.130. The van der Waals surface area contributed by atoms with Crippen LogP contribution < -0.4 is 0 Å². The second kappa shape index (κ2) is 4.87. The number of aliphatic hydroxyl groups excluding tert-OH is 1. The minimum Gasteiger partial charge on any atom is -0.488 e. The third-order valence-corrected chi connectivity index (χ3v) is 3.34. The molecule has 2 unspecified atom stereocenters. The highest BCUT2D eigenvalue weighted by Gasteiger charge is 2.31. The lowest BCUT2D eigenvalue weighted by atomic mass is 10.0. The summed E-state index contributed by atoms with van der Waals surface area (Å²) < 4.78 is 5.36. The van der Waals surface area contributed by atoms with Crippen molar-refractivity contribution in [2.45, 2.75) is 32.3 Å². The number of nitrogens with zero attached hydrogens (tertiary/aromatic N) is 1. The molecule has 1 fully saturated rings. The van der Waals surface area contributed by atoms with Gasteiger partial charge in [0.05, 0.1) is 12.7 Å². The zero-order valence-corrected chi connectivity index (χ0v) is 9.69. The summed E-state index contributed by atoms with van der Waals surface area (Å²) in [5.41, 5.74) is 0. The minimum absolute atomic E-state index is 0.0112. The van der Waals surface area contributed by atoms with Crippen molar-refractivity contribution < 1.29 is 14.6 Å². The fourth-order valence-electron chi connectivity index (χ4n) is 2.23. The molecule has 1 saturated heterocycles.